The quantitative estimate of drug-likeness (QED) is 0.535. The first kappa shape index (κ1) is 15.8. The van der Waals surface area contributed by atoms with Crippen LogP contribution >= 0.6 is 23.4 Å². The van der Waals surface area contributed by atoms with E-state index in [1.54, 1.807) is 6.07 Å². The molecule has 0 spiro atoms. The Balaban J connectivity index is 2.05. The normalized spacial score (nSPS) is 10.9. The van der Waals surface area contributed by atoms with Crippen LogP contribution in [0.3, 0.4) is 0 Å². The molecule has 0 saturated heterocycles. The molecule has 0 saturated carbocycles. The molecule has 0 aliphatic carbocycles. The van der Waals surface area contributed by atoms with Gasteiger partial charge in [-0.3, -0.25) is 4.79 Å². The number of aromatic nitrogens is 1. The molecule has 0 radical (unpaired) electrons. The highest BCUT2D eigenvalue weighted by molar-refractivity contribution is 7.98. The minimum Gasteiger partial charge on any atom is -0.316 e. The molecular formula is C17H12ClFN2OS. The Morgan fingerprint density at radius 2 is 2.04 bits per heavy atom. The SMILES string of the molecule is N=Cc1c(=O)[nH]c(SCc2cccc(Cl)c2)c2cc(F)ccc12. The van der Waals surface area contributed by atoms with Crippen molar-refractivity contribution in [2.45, 2.75) is 10.8 Å². The minimum absolute atomic E-state index is 0.229. The van der Waals surface area contributed by atoms with E-state index < -0.39 is 0 Å². The molecule has 2 aromatic carbocycles. The van der Waals surface area contributed by atoms with Crippen molar-refractivity contribution in [2.24, 2.45) is 0 Å². The van der Waals surface area contributed by atoms with Gasteiger partial charge in [-0.1, -0.05) is 29.8 Å². The van der Waals surface area contributed by atoms with Crippen LogP contribution in [0.15, 0.2) is 52.3 Å². The molecule has 3 rings (SSSR count). The van der Waals surface area contributed by atoms with Crippen LogP contribution in [0, 0.1) is 11.2 Å². The van der Waals surface area contributed by atoms with Crippen molar-refractivity contribution in [2.75, 3.05) is 0 Å². The van der Waals surface area contributed by atoms with Crippen LogP contribution in [-0.4, -0.2) is 11.2 Å². The van der Waals surface area contributed by atoms with Crippen molar-refractivity contribution in [3.63, 3.8) is 0 Å². The predicted molar refractivity (Wildman–Crippen MR) is 93.4 cm³/mol. The lowest BCUT2D eigenvalue weighted by Crippen LogP contribution is -2.13. The zero-order chi connectivity index (χ0) is 16.4. The van der Waals surface area contributed by atoms with Gasteiger partial charge in [0.25, 0.3) is 5.56 Å². The Morgan fingerprint density at radius 1 is 1.22 bits per heavy atom. The van der Waals surface area contributed by atoms with E-state index >= 15 is 0 Å². The lowest BCUT2D eigenvalue weighted by atomic mass is 10.1. The number of thioether (sulfide) groups is 1. The largest absolute Gasteiger partial charge is 0.316 e. The first-order chi connectivity index (χ1) is 11.1. The van der Waals surface area contributed by atoms with Gasteiger partial charge < -0.3 is 10.4 Å². The molecule has 3 aromatic rings. The molecule has 0 aliphatic rings. The summed E-state index contributed by atoms with van der Waals surface area (Å²) in [6.45, 7) is 0. The van der Waals surface area contributed by atoms with Gasteiger partial charge in [0.05, 0.1) is 10.6 Å². The zero-order valence-corrected chi connectivity index (χ0v) is 13.5. The fraction of sp³-hybridized carbons (Fsp3) is 0.0588. The van der Waals surface area contributed by atoms with E-state index in [0.717, 1.165) is 11.8 Å². The lowest BCUT2D eigenvalue weighted by Gasteiger charge is -2.09. The van der Waals surface area contributed by atoms with Crippen molar-refractivity contribution < 1.29 is 4.39 Å². The van der Waals surface area contributed by atoms with Gasteiger partial charge in [0.15, 0.2) is 0 Å². The molecule has 0 fully saturated rings. The van der Waals surface area contributed by atoms with Crippen molar-refractivity contribution >= 4 is 40.3 Å². The van der Waals surface area contributed by atoms with E-state index in [-0.39, 0.29) is 16.9 Å². The molecule has 1 heterocycles. The maximum Gasteiger partial charge on any atom is 0.258 e. The van der Waals surface area contributed by atoms with E-state index in [1.807, 2.05) is 18.2 Å². The van der Waals surface area contributed by atoms with Crippen LogP contribution in [0.5, 0.6) is 0 Å². The fourth-order valence-electron chi connectivity index (χ4n) is 2.34. The number of aromatic amines is 1. The number of rotatable bonds is 4. The van der Waals surface area contributed by atoms with Crippen molar-refractivity contribution in [3.8, 4) is 0 Å². The molecule has 0 atom stereocenters. The third-order valence-electron chi connectivity index (χ3n) is 3.40. The predicted octanol–water partition coefficient (Wildman–Crippen LogP) is 4.61. The van der Waals surface area contributed by atoms with Gasteiger partial charge in [-0.25, -0.2) is 4.39 Å². The second kappa shape index (κ2) is 6.56. The molecular weight excluding hydrogens is 335 g/mol. The molecule has 2 N–H and O–H groups in total. The summed E-state index contributed by atoms with van der Waals surface area (Å²) in [5.41, 5.74) is 0.879. The molecule has 0 amide bonds. The maximum atomic E-state index is 13.6. The average molecular weight is 347 g/mol. The van der Waals surface area contributed by atoms with Crippen molar-refractivity contribution in [1.29, 1.82) is 5.41 Å². The molecule has 116 valence electrons. The standard InChI is InChI=1S/C17H12ClFN2OS/c18-11-3-1-2-10(6-11)9-23-17-14-7-12(19)4-5-13(14)15(8-20)16(22)21-17/h1-8,20H,9H2,(H,21,22). The molecule has 23 heavy (non-hydrogen) atoms. The zero-order valence-electron chi connectivity index (χ0n) is 11.9. The van der Waals surface area contributed by atoms with Crippen molar-refractivity contribution in [3.05, 3.63) is 74.8 Å². The summed E-state index contributed by atoms with van der Waals surface area (Å²) in [7, 11) is 0. The summed E-state index contributed by atoms with van der Waals surface area (Å²) in [6, 6.07) is 11.6. The van der Waals surface area contributed by atoms with Gasteiger partial charge in [-0.05, 0) is 35.2 Å². The summed E-state index contributed by atoms with van der Waals surface area (Å²) < 4.78 is 13.6. The van der Waals surface area contributed by atoms with Crippen LogP contribution in [0.4, 0.5) is 4.39 Å². The van der Waals surface area contributed by atoms with Gasteiger partial charge in [0.2, 0.25) is 0 Å². The molecule has 1 aromatic heterocycles. The summed E-state index contributed by atoms with van der Waals surface area (Å²) in [5.74, 6) is 0.205. The fourth-order valence-corrected chi connectivity index (χ4v) is 3.53. The van der Waals surface area contributed by atoms with E-state index in [1.165, 1.54) is 30.0 Å². The number of H-pyrrole nitrogens is 1. The molecule has 0 bridgehead atoms. The third kappa shape index (κ3) is 3.30. The molecule has 0 unspecified atom stereocenters. The average Bonchev–Trinajstić information content (AvgIpc) is 2.53. The van der Waals surface area contributed by atoms with Crippen LogP contribution in [0.1, 0.15) is 11.1 Å². The van der Waals surface area contributed by atoms with Crippen LogP contribution in [-0.2, 0) is 5.75 Å². The van der Waals surface area contributed by atoms with Gasteiger partial charge in [0.1, 0.15) is 5.82 Å². The van der Waals surface area contributed by atoms with Gasteiger partial charge in [0, 0.05) is 22.4 Å². The van der Waals surface area contributed by atoms with E-state index in [4.69, 9.17) is 17.0 Å². The Labute approximate surface area is 141 Å². The second-order valence-corrected chi connectivity index (χ2v) is 6.37. The van der Waals surface area contributed by atoms with Gasteiger partial charge in [-0.15, -0.1) is 11.8 Å². The minimum atomic E-state index is -0.384. The smallest absolute Gasteiger partial charge is 0.258 e. The van der Waals surface area contributed by atoms with Crippen LogP contribution in [0.25, 0.3) is 10.8 Å². The van der Waals surface area contributed by atoms with Gasteiger partial charge >= 0.3 is 0 Å². The number of halogens is 2. The highest BCUT2D eigenvalue weighted by atomic mass is 35.5. The topological polar surface area (TPSA) is 56.7 Å². The summed E-state index contributed by atoms with van der Waals surface area (Å²) >= 11 is 7.36. The van der Waals surface area contributed by atoms with E-state index in [0.29, 0.717) is 26.6 Å². The molecule has 6 heteroatoms. The summed E-state index contributed by atoms with van der Waals surface area (Å²) in [4.78, 5) is 14.8. The Hall–Kier alpha value is -2.11. The first-order valence-corrected chi connectivity index (χ1v) is 8.18. The number of nitrogens with one attached hydrogen (secondary N) is 2. The van der Waals surface area contributed by atoms with E-state index in [9.17, 15) is 9.18 Å². The monoisotopic (exact) mass is 346 g/mol. The Bertz CT molecular complexity index is 955. The Kier molecular flexibility index (Phi) is 4.50. The first-order valence-electron chi connectivity index (χ1n) is 6.82. The number of benzene rings is 2. The molecule has 0 aliphatic heterocycles. The maximum absolute atomic E-state index is 13.6. The highest BCUT2D eigenvalue weighted by Crippen LogP contribution is 2.29. The number of fused-ring (bicyclic) bond motifs is 1. The Morgan fingerprint density at radius 3 is 2.78 bits per heavy atom. The van der Waals surface area contributed by atoms with Gasteiger partial charge in [-0.2, -0.15) is 0 Å². The second-order valence-electron chi connectivity index (χ2n) is 4.95. The highest BCUT2D eigenvalue weighted by Gasteiger charge is 2.11. The molecule has 3 nitrogen and oxygen atoms in total. The number of hydrogen-bond donors (Lipinski definition) is 2. The summed E-state index contributed by atoms with van der Waals surface area (Å²) in [6.07, 6.45) is 0.991. The summed E-state index contributed by atoms with van der Waals surface area (Å²) in [5, 5.41) is 9.78. The van der Waals surface area contributed by atoms with Crippen LogP contribution in [0.2, 0.25) is 5.02 Å². The number of hydrogen-bond acceptors (Lipinski definition) is 3. The number of pyridine rings is 1. The third-order valence-corrected chi connectivity index (χ3v) is 4.73. The lowest BCUT2D eigenvalue weighted by molar-refractivity contribution is 0.629. The van der Waals surface area contributed by atoms with E-state index in [2.05, 4.69) is 4.98 Å². The van der Waals surface area contributed by atoms with Crippen LogP contribution < -0.4 is 5.56 Å². The van der Waals surface area contributed by atoms with Crippen molar-refractivity contribution in [1.82, 2.24) is 4.98 Å².